The Kier molecular flexibility index (Phi) is 8.75. The van der Waals surface area contributed by atoms with Gasteiger partial charge in [-0.25, -0.2) is 0 Å². The standard InChI is InChI=1S/C31H43N3O6/c1-7-11-19-39-29(38)25-24-27(36)34(17-18-35)26(31(24)20-21(5)30(25,6)40-31)28(37)33(16-8-2)23-14-12-22(13-15-23)32(9-3)10-4/h7-8,12-15,21,24-26,35H,1-2,9-11,16-20H2,3-6H3/t21?,24-,25-,26?,30+,31?/m0/s1. The number of carbonyl (C=O) groups is 3. The number of carbonyl (C=O) groups excluding carboxylic acids is 3. The highest BCUT2D eigenvalue weighted by Crippen LogP contribution is 2.65. The second-order valence-corrected chi connectivity index (χ2v) is 11.1. The van der Waals surface area contributed by atoms with Gasteiger partial charge in [0.05, 0.1) is 24.7 Å². The maximum atomic E-state index is 14.5. The molecule has 1 spiro atoms. The number of aliphatic hydroxyl groups is 1. The zero-order valence-electron chi connectivity index (χ0n) is 24.2. The Labute approximate surface area is 237 Å². The highest BCUT2D eigenvalue weighted by molar-refractivity contribution is 6.05. The van der Waals surface area contributed by atoms with Crippen molar-refractivity contribution in [2.45, 2.75) is 57.8 Å². The average Bonchev–Trinajstić information content (AvgIpc) is 3.45. The topological polar surface area (TPSA) is 99.6 Å². The van der Waals surface area contributed by atoms with Crippen molar-refractivity contribution >= 4 is 29.2 Å². The first-order chi connectivity index (χ1) is 19.1. The number of fused-ring (bicyclic) bond motifs is 1. The fourth-order valence-corrected chi connectivity index (χ4v) is 7.09. The zero-order valence-corrected chi connectivity index (χ0v) is 24.2. The molecule has 1 aromatic carbocycles. The van der Waals surface area contributed by atoms with E-state index in [4.69, 9.17) is 9.47 Å². The molecular formula is C31H43N3O6. The van der Waals surface area contributed by atoms with Crippen LogP contribution in [0.2, 0.25) is 0 Å². The lowest BCUT2D eigenvalue weighted by atomic mass is 9.62. The summed E-state index contributed by atoms with van der Waals surface area (Å²) in [6.45, 7) is 17.3. The fourth-order valence-electron chi connectivity index (χ4n) is 7.09. The largest absolute Gasteiger partial charge is 0.465 e. The molecule has 1 aromatic rings. The molecule has 3 unspecified atom stereocenters. The van der Waals surface area contributed by atoms with E-state index in [0.717, 1.165) is 18.8 Å². The lowest BCUT2D eigenvalue weighted by Gasteiger charge is -2.37. The van der Waals surface area contributed by atoms with Gasteiger partial charge >= 0.3 is 5.97 Å². The third-order valence-corrected chi connectivity index (χ3v) is 9.08. The summed E-state index contributed by atoms with van der Waals surface area (Å²) < 4.78 is 12.3. The molecule has 40 heavy (non-hydrogen) atoms. The Morgan fingerprint density at radius 3 is 2.40 bits per heavy atom. The molecule has 0 radical (unpaired) electrons. The van der Waals surface area contributed by atoms with Crippen molar-refractivity contribution in [2.24, 2.45) is 17.8 Å². The minimum absolute atomic E-state index is 0.0387. The summed E-state index contributed by atoms with van der Waals surface area (Å²) in [7, 11) is 0. The molecule has 2 amide bonds. The van der Waals surface area contributed by atoms with Gasteiger partial charge in [-0.1, -0.05) is 19.1 Å². The lowest BCUT2D eigenvalue weighted by Crippen LogP contribution is -2.57. The van der Waals surface area contributed by atoms with Gasteiger partial charge in [-0.15, -0.1) is 13.2 Å². The number of aliphatic hydroxyl groups excluding tert-OH is 1. The number of ether oxygens (including phenoxy) is 2. The highest BCUT2D eigenvalue weighted by atomic mass is 16.6. The van der Waals surface area contributed by atoms with Crippen molar-refractivity contribution in [3.8, 4) is 0 Å². The van der Waals surface area contributed by atoms with Crippen LogP contribution in [0.3, 0.4) is 0 Å². The van der Waals surface area contributed by atoms with Crippen LogP contribution < -0.4 is 9.80 Å². The highest BCUT2D eigenvalue weighted by Gasteiger charge is 2.80. The van der Waals surface area contributed by atoms with E-state index in [1.54, 1.807) is 17.1 Å². The number of esters is 1. The van der Waals surface area contributed by atoms with Gasteiger partial charge in [-0.3, -0.25) is 14.4 Å². The third-order valence-electron chi connectivity index (χ3n) is 9.08. The van der Waals surface area contributed by atoms with Gasteiger partial charge in [0.15, 0.2) is 0 Å². The first-order valence-electron chi connectivity index (χ1n) is 14.3. The number of rotatable bonds is 13. The van der Waals surface area contributed by atoms with E-state index in [-0.39, 0.29) is 44.0 Å². The smallest absolute Gasteiger partial charge is 0.312 e. The minimum Gasteiger partial charge on any atom is -0.465 e. The van der Waals surface area contributed by atoms with Crippen molar-refractivity contribution in [3.63, 3.8) is 0 Å². The van der Waals surface area contributed by atoms with Crippen LogP contribution in [0.15, 0.2) is 49.6 Å². The molecule has 3 heterocycles. The van der Waals surface area contributed by atoms with Crippen LogP contribution in [-0.4, -0.2) is 84.4 Å². The second kappa shape index (κ2) is 11.7. The van der Waals surface area contributed by atoms with Gasteiger partial charge in [0.25, 0.3) is 5.91 Å². The molecule has 218 valence electrons. The maximum absolute atomic E-state index is 14.5. The zero-order chi connectivity index (χ0) is 29.2. The van der Waals surface area contributed by atoms with Crippen LogP contribution in [0.25, 0.3) is 0 Å². The summed E-state index contributed by atoms with van der Waals surface area (Å²) in [5.41, 5.74) is -0.442. The predicted molar refractivity (Wildman–Crippen MR) is 154 cm³/mol. The van der Waals surface area contributed by atoms with Crippen molar-refractivity contribution in [1.29, 1.82) is 0 Å². The first kappa shape index (κ1) is 29.8. The van der Waals surface area contributed by atoms with E-state index in [2.05, 4.69) is 31.9 Å². The number of likely N-dealkylation sites (tertiary alicyclic amines) is 1. The Hall–Kier alpha value is -3.17. The van der Waals surface area contributed by atoms with Crippen LogP contribution in [0.4, 0.5) is 11.4 Å². The van der Waals surface area contributed by atoms with Crippen LogP contribution in [-0.2, 0) is 23.9 Å². The predicted octanol–water partition coefficient (Wildman–Crippen LogP) is 3.17. The van der Waals surface area contributed by atoms with Gasteiger partial charge in [-0.05, 0) is 63.8 Å². The minimum atomic E-state index is -1.21. The van der Waals surface area contributed by atoms with Crippen molar-refractivity contribution in [1.82, 2.24) is 4.90 Å². The number of hydrogen-bond acceptors (Lipinski definition) is 7. The molecule has 0 aromatic heterocycles. The van der Waals surface area contributed by atoms with Crippen molar-refractivity contribution in [3.05, 3.63) is 49.6 Å². The molecule has 2 bridgehead atoms. The molecule has 1 N–H and O–H groups in total. The molecule has 6 atom stereocenters. The summed E-state index contributed by atoms with van der Waals surface area (Å²) in [6.07, 6.45) is 4.25. The number of benzene rings is 1. The second-order valence-electron chi connectivity index (χ2n) is 11.1. The molecule has 3 saturated heterocycles. The van der Waals surface area contributed by atoms with E-state index in [0.29, 0.717) is 18.5 Å². The maximum Gasteiger partial charge on any atom is 0.312 e. The van der Waals surface area contributed by atoms with Crippen LogP contribution >= 0.6 is 0 Å². The number of anilines is 2. The Morgan fingerprint density at radius 2 is 1.82 bits per heavy atom. The van der Waals surface area contributed by atoms with Gasteiger partial charge < -0.3 is 29.3 Å². The molecule has 4 rings (SSSR count). The number of β-amino-alcohol motifs (C(OH)–C–C–N with tert-alkyl or cyclic N) is 1. The number of nitrogens with zero attached hydrogens (tertiary/aromatic N) is 3. The molecule has 3 fully saturated rings. The molecule has 3 aliphatic rings. The van der Waals surface area contributed by atoms with Gasteiger partial charge in [0.1, 0.15) is 17.6 Å². The third kappa shape index (κ3) is 4.63. The van der Waals surface area contributed by atoms with Gasteiger partial charge in [-0.2, -0.15) is 0 Å². The Morgan fingerprint density at radius 1 is 1.18 bits per heavy atom. The monoisotopic (exact) mass is 553 g/mol. The van der Waals surface area contributed by atoms with Gasteiger partial charge in [0, 0.05) is 37.6 Å². The van der Waals surface area contributed by atoms with E-state index in [1.165, 1.54) is 4.90 Å². The quantitative estimate of drug-likeness (QED) is 0.228. The number of hydrogen-bond donors (Lipinski definition) is 1. The van der Waals surface area contributed by atoms with Crippen LogP contribution in [0.1, 0.15) is 40.5 Å². The molecule has 0 saturated carbocycles. The van der Waals surface area contributed by atoms with Crippen molar-refractivity contribution in [2.75, 3.05) is 49.2 Å². The first-order valence-corrected chi connectivity index (χ1v) is 14.3. The summed E-state index contributed by atoms with van der Waals surface area (Å²) in [6, 6.07) is 6.75. The molecule has 9 heteroatoms. The summed E-state index contributed by atoms with van der Waals surface area (Å²) >= 11 is 0. The van der Waals surface area contributed by atoms with Crippen LogP contribution in [0, 0.1) is 17.8 Å². The molecular weight excluding hydrogens is 510 g/mol. The fraction of sp³-hybridized carbons (Fsp3) is 0.581. The van der Waals surface area contributed by atoms with Gasteiger partial charge in [0.2, 0.25) is 5.91 Å². The van der Waals surface area contributed by atoms with Crippen LogP contribution in [0.5, 0.6) is 0 Å². The SMILES string of the molecule is C=CCCOC(=O)[C@@H]1[C@H]2C(=O)N(CCO)C(C(=O)N(CC=C)c3ccc(N(CC)CC)cc3)C23CC(C)[C@@]1(C)O3. The van der Waals surface area contributed by atoms with E-state index < -0.39 is 35.0 Å². The van der Waals surface area contributed by atoms with E-state index >= 15 is 0 Å². The summed E-state index contributed by atoms with van der Waals surface area (Å²) in [5, 5.41) is 9.90. The molecule has 3 aliphatic heterocycles. The Bertz CT molecular complexity index is 1130. The number of amides is 2. The summed E-state index contributed by atoms with van der Waals surface area (Å²) in [4.78, 5) is 47.1. The normalized spacial score (nSPS) is 30.2. The Balaban J connectivity index is 1.74. The van der Waals surface area contributed by atoms with E-state index in [9.17, 15) is 19.5 Å². The molecule has 0 aliphatic carbocycles. The lowest BCUT2D eigenvalue weighted by molar-refractivity contribution is -0.161. The summed E-state index contributed by atoms with van der Waals surface area (Å²) in [5.74, 6) is -3.00. The average molecular weight is 554 g/mol. The molecule has 9 nitrogen and oxygen atoms in total. The van der Waals surface area contributed by atoms with Crippen molar-refractivity contribution < 1.29 is 29.0 Å². The van der Waals surface area contributed by atoms with E-state index in [1.807, 2.05) is 38.1 Å².